The van der Waals surface area contributed by atoms with Crippen LogP contribution < -0.4 is 0 Å². The fourth-order valence-electron chi connectivity index (χ4n) is 1.09. The molecule has 3 heteroatoms. The van der Waals surface area contributed by atoms with Gasteiger partial charge in [-0.1, -0.05) is 0 Å². The monoisotopic (exact) mass is 144 g/mol. The van der Waals surface area contributed by atoms with Gasteiger partial charge in [-0.2, -0.15) is 0 Å². The van der Waals surface area contributed by atoms with Gasteiger partial charge >= 0.3 is 0 Å². The highest BCUT2D eigenvalue weighted by Gasteiger charge is 2.34. The summed E-state index contributed by atoms with van der Waals surface area (Å²) in [7, 11) is 0. The molecule has 0 spiro atoms. The lowest BCUT2D eigenvalue weighted by Gasteiger charge is -2.21. The van der Waals surface area contributed by atoms with Gasteiger partial charge in [0, 0.05) is 12.5 Å². The minimum atomic E-state index is -1.18. The van der Waals surface area contributed by atoms with Gasteiger partial charge in [-0.05, 0) is 13.3 Å². The topological polar surface area (TPSA) is 46.5 Å². The Kier molecular flexibility index (Phi) is 2.06. The second-order valence-corrected chi connectivity index (χ2v) is 2.90. The molecule has 0 aliphatic carbocycles. The molecule has 1 N–H and O–H groups in total. The maximum absolute atomic E-state index is 10.3. The second-order valence-electron chi connectivity index (χ2n) is 2.90. The lowest BCUT2D eigenvalue weighted by atomic mass is 9.90. The van der Waals surface area contributed by atoms with E-state index in [0.29, 0.717) is 19.5 Å². The molecule has 0 bridgehead atoms. The van der Waals surface area contributed by atoms with Crippen molar-refractivity contribution in [3.63, 3.8) is 0 Å². The average Bonchev–Trinajstić information content (AvgIpc) is 2.38. The van der Waals surface area contributed by atoms with E-state index in [1.165, 1.54) is 6.92 Å². The van der Waals surface area contributed by atoms with E-state index < -0.39 is 5.60 Å². The average molecular weight is 144 g/mol. The Morgan fingerprint density at radius 3 is 2.90 bits per heavy atom. The van der Waals surface area contributed by atoms with Crippen LogP contribution in [0.2, 0.25) is 0 Å². The van der Waals surface area contributed by atoms with Crippen molar-refractivity contribution in [1.29, 1.82) is 0 Å². The van der Waals surface area contributed by atoms with Crippen molar-refractivity contribution in [3.05, 3.63) is 0 Å². The summed E-state index contributed by atoms with van der Waals surface area (Å²) in [5.74, 6) is -0.00926. The van der Waals surface area contributed by atoms with Crippen molar-refractivity contribution in [2.24, 2.45) is 5.92 Å². The zero-order valence-electron chi connectivity index (χ0n) is 6.04. The van der Waals surface area contributed by atoms with Crippen LogP contribution in [-0.2, 0) is 9.53 Å². The van der Waals surface area contributed by atoms with Crippen molar-refractivity contribution < 1.29 is 14.6 Å². The molecule has 3 nitrogen and oxygen atoms in total. The van der Waals surface area contributed by atoms with Gasteiger partial charge in [0.1, 0.15) is 5.60 Å². The van der Waals surface area contributed by atoms with Crippen LogP contribution in [0.4, 0.5) is 0 Å². The van der Waals surface area contributed by atoms with Gasteiger partial charge in [-0.25, -0.2) is 0 Å². The zero-order chi connectivity index (χ0) is 7.61. The number of hydrogen-bond acceptors (Lipinski definition) is 3. The third-order valence-corrected chi connectivity index (χ3v) is 1.99. The molecule has 1 heterocycles. The highest BCUT2D eigenvalue weighted by molar-refractivity contribution is 5.61. The fraction of sp³-hybridized carbons (Fsp3) is 0.857. The van der Waals surface area contributed by atoms with Crippen LogP contribution >= 0.6 is 0 Å². The predicted molar refractivity (Wildman–Crippen MR) is 35.6 cm³/mol. The lowest BCUT2D eigenvalue weighted by Crippen LogP contribution is -2.36. The van der Waals surface area contributed by atoms with E-state index in [4.69, 9.17) is 4.74 Å². The molecule has 10 heavy (non-hydrogen) atoms. The number of ether oxygens (including phenoxy) is 1. The highest BCUT2D eigenvalue weighted by Crippen LogP contribution is 2.23. The molecule has 1 fully saturated rings. The van der Waals surface area contributed by atoms with Gasteiger partial charge in [0.05, 0.1) is 6.61 Å². The SMILES string of the molecule is CC(O)(C=O)C1CCOC1. The standard InChI is InChI=1S/C7H12O3/c1-7(9,5-8)6-2-3-10-4-6/h5-6,9H,2-4H2,1H3. The third-order valence-electron chi connectivity index (χ3n) is 1.99. The molecular formula is C7H12O3. The van der Waals surface area contributed by atoms with Crippen molar-refractivity contribution >= 4 is 6.29 Å². The summed E-state index contributed by atoms with van der Waals surface area (Å²) in [6.45, 7) is 2.69. The summed E-state index contributed by atoms with van der Waals surface area (Å²) < 4.78 is 5.03. The van der Waals surface area contributed by atoms with Gasteiger partial charge in [-0.15, -0.1) is 0 Å². The number of carbonyl (C=O) groups is 1. The smallest absolute Gasteiger partial charge is 0.151 e. The van der Waals surface area contributed by atoms with E-state index in [2.05, 4.69) is 0 Å². The largest absolute Gasteiger partial charge is 0.382 e. The van der Waals surface area contributed by atoms with E-state index in [-0.39, 0.29) is 5.92 Å². The van der Waals surface area contributed by atoms with Crippen molar-refractivity contribution in [2.45, 2.75) is 18.9 Å². The number of carbonyl (C=O) groups excluding carboxylic acids is 1. The highest BCUT2D eigenvalue weighted by atomic mass is 16.5. The van der Waals surface area contributed by atoms with E-state index in [1.807, 2.05) is 0 Å². The van der Waals surface area contributed by atoms with Crippen LogP contribution in [0.1, 0.15) is 13.3 Å². The first-order valence-corrected chi connectivity index (χ1v) is 3.43. The molecule has 2 unspecified atom stereocenters. The van der Waals surface area contributed by atoms with Crippen LogP contribution in [0.5, 0.6) is 0 Å². The summed E-state index contributed by atoms with van der Waals surface area (Å²) >= 11 is 0. The van der Waals surface area contributed by atoms with Crippen LogP contribution in [0, 0.1) is 5.92 Å². The molecular weight excluding hydrogens is 132 g/mol. The molecule has 1 saturated heterocycles. The van der Waals surface area contributed by atoms with Crippen LogP contribution in [0.25, 0.3) is 0 Å². The summed E-state index contributed by atoms with van der Waals surface area (Å²) in [4.78, 5) is 10.3. The minimum Gasteiger partial charge on any atom is -0.382 e. The maximum Gasteiger partial charge on any atom is 0.151 e. The normalized spacial score (nSPS) is 31.6. The molecule has 1 aliphatic rings. The molecule has 0 saturated carbocycles. The Morgan fingerprint density at radius 1 is 1.80 bits per heavy atom. The van der Waals surface area contributed by atoms with E-state index in [0.717, 1.165) is 6.42 Å². The summed E-state index contributed by atoms with van der Waals surface area (Å²) in [6, 6.07) is 0. The molecule has 58 valence electrons. The number of rotatable bonds is 2. The molecule has 1 aliphatic heterocycles. The number of aliphatic hydroxyl groups is 1. The Balaban J connectivity index is 2.53. The summed E-state index contributed by atoms with van der Waals surface area (Å²) in [5, 5.41) is 9.37. The lowest BCUT2D eigenvalue weighted by molar-refractivity contribution is -0.127. The Morgan fingerprint density at radius 2 is 2.50 bits per heavy atom. The van der Waals surface area contributed by atoms with E-state index in [9.17, 15) is 9.90 Å². The van der Waals surface area contributed by atoms with E-state index >= 15 is 0 Å². The molecule has 0 aromatic carbocycles. The van der Waals surface area contributed by atoms with Crippen LogP contribution in [-0.4, -0.2) is 30.2 Å². The van der Waals surface area contributed by atoms with Crippen molar-refractivity contribution in [2.75, 3.05) is 13.2 Å². The van der Waals surface area contributed by atoms with Crippen molar-refractivity contribution in [3.8, 4) is 0 Å². The summed E-state index contributed by atoms with van der Waals surface area (Å²) in [5.41, 5.74) is -1.18. The molecule has 0 amide bonds. The first-order valence-electron chi connectivity index (χ1n) is 3.43. The molecule has 0 radical (unpaired) electrons. The van der Waals surface area contributed by atoms with Gasteiger partial charge in [0.2, 0.25) is 0 Å². The molecule has 2 atom stereocenters. The summed E-state index contributed by atoms with van der Waals surface area (Å²) in [6.07, 6.45) is 1.37. The molecule has 1 rings (SSSR count). The fourth-order valence-corrected chi connectivity index (χ4v) is 1.09. The van der Waals surface area contributed by atoms with Crippen LogP contribution in [0.3, 0.4) is 0 Å². The Bertz CT molecular complexity index is 125. The van der Waals surface area contributed by atoms with Crippen LogP contribution in [0.15, 0.2) is 0 Å². The maximum atomic E-state index is 10.3. The van der Waals surface area contributed by atoms with Gasteiger partial charge < -0.3 is 14.6 Å². The predicted octanol–water partition coefficient (Wildman–Crippen LogP) is -0.0272. The number of hydrogen-bond donors (Lipinski definition) is 1. The Labute approximate surface area is 60.0 Å². The van der Waals surface area contributed by atoms with Gasteiger partial charge in [0.25, 0.3) is 0 Å². The third kappa shape index (κ3) is 1.36. The van der Waals surface area contributed by atoms with Crippen molar-refractivity contribution in [1.82, 2.24) is 0 Å². The van der Waals surface area contributed by atoms with E-state index in [1.54, 1.807) is 0 Å². The number of aldehydes is 1. The van der Waals surface area contributed by atoms with Gasteiger partial charge in [0.15, 0.2) is 6.29 Å². The quantitative estimate of drug-likeness (QED) is 0.554. The minimum absolute atomic E-state index is 0.00926. The Hall–Kier alpha value is -0.410. The molecule has 0 aromatic heterocycles. The zero-order valence-corrected chi connectivity index (χ0v) is 6.04. The second kappa shape index (κ2) is 2.68. The van der Waals surface area contributed by atoms with Gasteiger partial charge in [-0.3, -0.25) is 0 Å². The first kappa shape index (κ1) is 7.69. The first-order chi connectivity index (χ1) is 4.67. The molecule has 0 aromatic rings.